The molecule has 2 aromatic carbocycles. The first kappa shape index (κ1) is 22.0. The molecule has 12 heteroatoms. The zero-order chi connectivity index (χ0) is 22.1. The molecule has 1 aliphatic rings. The van der Waals surface area contributed by atoms with Crippen molar-refractivity contribution < 1.29 is 39.9 Å². The lowest BCUT2D eigenvalue weighted by Gasteiger charge is -2.34. The van der Waals surface area contributed by atoms with Crippen LogP contribution in [0.3, 0.4) is 0 Å². The third-order valence-corrected chi connectivity index (χ3v) is 6.24. The molecule has 1 fully saturated rings. The molecule has 6 nitrogen and oxygen atoms in total. The molecule has 0 saturated carbocycles. The Bertz CT molecular complexity index is 1010. The molecular formula is C18H15F5N2O4S. The second kappa shape index (κ2) is 8.19. The number of piperazine rings is 1. The zero-order valence-corrected chi connectivity index (χ0v) is 16.0. The molecule has 0 N–H and O–H groups in total. The summed E-state index contributed by atoms with van der Waals surface area (Å²) in [6.45, 7) is -0.226. The van der Waals surface area contributed by atoms with E-state index in [4.69, 9.17) is 0 Å². The molecule has 1 saturated heterocycles. The molecule has 162 valence electrons. The summed E-state index contributed by atoms with van der Waals surface area (Å²) in [5.74, 6) is -3.01. The largest absolute Gasteiger partial charge is 0.573 e. The summed E-state index contributed by atoms with van der Waals surface area (Å²) in [4.78, 5) is 13.4. The highest BCUT2D eigenvalue weighted by atomic mass is 32.2. The average molecular weight is 450 g/mol. The Labute approximate surface area is 168 Å². The first-order valence-corrected chi connectivity index (χ1v) is 10.0. The molecule has 0 unspecified atom stereocenters. The Balaban J connectivity index is 1.67. The summed E-state index contributed by atoms with van der Waals surface area (Å²) in [7, 11) is -4.01. The first-order chi connectivity index (χ1) is 14.0. The number of benzene rings is 2. The number of halogens is 5. The van der Waals surface area contributed by atoms with Crippen LogP contribution in [0.4, 0.5) is 22.0 Å². The summed E-state index contributed by atoms with van der Waals surface area (Å²) in [6, 6.07) is 6.16. The van der Waals surface area contributed by atoms with E-state index in [9.17, 15) is 35.2 Å². The maximum Gasteiger partial charge on any atom is 0.573 e. The number of sulfonamides is 1. The second-order valence-corrected chi connectivity index (χ2v) is 8.31. The zero-order valence-electron chi connectivity index (χ0n) is 15.2. The van der Waals surface area contributed by atoms with Crippen LogP contribution in [0.1, 0.15) is 10.4 Å². The number of rotatable bonds is 4. The van der Waals surface area contributed by atoms with Crippen molar-refractivity contribution in [2.75, 3.05) is 26.2 Å². The maximum atomic E-state index is 13.3. The SMILES string of the molecule is O=C(c1cc(F)cc(F)c1)N1CCN(S(=O)(=O)c2ccc(OC(F)(F)F)cc2)CC1. The quantitative estimate of drug-likeness (QED) is 0.672. The Hall–Kier alpha value is -2.73. The summed E-state index contributed by atoms with van der Waals surface area (Å²) >= 11 is 0. The number of alkyl halides is 3. The number of hydrogen-bond donors (Lipinski definition) is 0. The molecule has 1 amide bonds. The smallest absolute Gasteiger partial charge is 0.406 e. The summed E-state index contributed by atoms with van der Waals surface area (Å²) in [5, 5.41) is 0. The van der Waals surface area contributed by atoms with Gasteiger partial charge >= 0.3 is 6.36 Å². The van der Waals surface area contributed by atoms with E-state index in [1.54, 1.807) is 0 Å². The van der Waals surface area contributed by atoms with Crippen molar-refractivity contribution >= 4 is 15.9 Å². The number of hydrogen-bond acceptors (Lipinski definition) is 4. The van der Waals surface area contributed by atoms with Gasteiger partial charge in [0.05, 0.1) is 4.90 Å². The summed E-state index contributed by atoms with van der Waals surface area (Å²) in [6.07, 6.45) is -4.89. The second-order valence-electron chi connectivity index (χ2n) is 6.37. The van der Waals surface area contributed by atoms with Gasteiger partial charge in [-0.1, -0.05) is 0 Å². The third-order valence-electron chi connectivity index (χ3n) is 4.33. The number of amides is 1. The van der Waals surface area contributed by atoms with Gasteiger partial charge in [-0.3, -0.25) is 4.79 Å². The molecular weight excluding hydrogens is 435 g/mol. The number of nitrogens with zero attached hydrogens (tertiary/aromatic N) is 2. The van der Waals surface area contributed by atoms with Gasteiger partial charge in [0.1, 0.15) is 17.4 Å². The fraction of sp³-hybridized carbons (Fsp3) is 0.278. The van der Waals surface area contributed by atoms with Crippen molar-refractivity contribution in [1.29, 1.82) is 0 Å². The van der Waals surface area contributed by atoms with Crippen molar-refractivity contribution in [3.8, 4) is 5.75 Å². The lowest BCUT2D eigenvalue weighted by atomic mass is 10.1. The van der Waals surface area contributed by atoms with Gasteiger partial charge < -0.3 is 9.64 Å². The first-order valence-electron chi connectivity index (χ1n) is 8.57. The standard InChI is InChI=1S/C18H15F5N2O4S/c19-13-9-12(10-14(20)11-13)17(26)24-5-7-25(8-6-24)30(27,28)16-3-1-15(2-4-16)29-18(21,22)23/h1-4,9-11H,5-8H2. The van der Waals surface area contributed by atoms with E-state index in [0.717, 1.165) is 40.7 Å². The van der Waals surface area contributed by atoms with Crippen molar-refractivity contribution in [3.63, 3.8) is 0 Å². The minimum Gasteiger partial charge on any atom is -0.406 e. The van der Waals surface area contributed by atoms with Gasteiger partial charge in [0.25, 0.3) is 5.91 Å². The molecule has 0 atom stereocenters. The lowest BCUT2D eigenvalue weighted by molar-refractivity contribution is -0.274. The molecule has 3 rings (SSSR count). The summed E-state index contributed by atoms with van der Waals surface area (Å²) in [5.41, 5.74) is -0.191. The van der Waals surface area contributed by atoms with Crippen LogP contribution >= 0.6 is 0 Å². The van der Waals surface area contributed by atoms with Crippen LogP contribution in [-0.4, -0.2) is 56.1 Å². The molecule has 2 aromatic rings. The molecule has 0 spiro atoms. The lowest BCUT2D eigenvalue weighted by Crippen LogP contribution is -2.50. The van der Waals surface area contributed by atoms with Crippen molar-refractivity contribution in [3.05, 3.63) is 59.7 Å². The van der Waals surface area contributed by atoms with Crippen LogP contribution in [0.25, 0.3) is 0 Å². The van der Waals surface area contributed by atoms with Crippen LogP contribution in [-0.2, 0) is 10.0 Å². The average Bonchev–Trinajstić information content (AvgIpc) is 2.66. The van der Waals surface area contributed by atoms with Crippen molar-refractivity contribution in [2.24, 2.45) is 0 Å². The van der Waals surface area contributed by atoms with Gasteiger partial charge in [0.2, 0.25) is 10.0 Å². The van der Waals surface area contributed by atoms with E-state index < -0.39 is 39.7 Å². The van der Waals surface area contributed by atoms with E-state index in [2.05, 4.69) is 4.74 Å². The van der Waals surface area contributed by atoms with Gasteiger partial charge in [-0.25, -0.2) is 17.2 Å². The Morgan fingerprint density at radius 2 is 1.43 bits per heavy atom. The van der Waals surface area contributed by atoms with E-state index in [0.29, 0.717) is 6.07 Å². The molecule has 1 aliphatic heterocycles. The predicted octanol–water partition coefficient (Wildman–Crippen LogP) is 3.01. The Kier molecular flexibility index (Phi) is 5.99. The van der Waals surface area contributed by atoms with Gasteiger partial charge in [-0.15, -0.1) is 13.2 Å². The maximum absolute atomic E-state index is 13.3. The van der Waals surface area contributed by atoms with E-state index >= 15 is 0 Å². The number of ether oxygens (including phenoxy) is 1. The topological polar surface area (TPSA) is 66.9 Å². The van der Waals surface area contributed by atoms with Crippen LogP contribution in [0, 0.1) is 11.6 Å². The van der Waals surface area contributed by atoms with Crippen LogP contribution in [0.2, 0.25) is 0 Å². The van der Waals surface area contributed by atoms with Gasteiger partial charge in [-0.2, -0.15) is 4.31 Å². The molecule has 0 aliphatic carbocycles. The van der Waals surface area contributed by atoms with Crippen LogP contribution in [0.15, 0.2) is 47.4 Å². The van der Waals surface area contributed by atoms with Crippen molar-refractivity contribution in [1.82, 2.24) is 9.21 Å². The normalized spacial score (nSPS) is 15.8. The molecule has 30 heavy (non-hydrogen) atoms. The molecule has 1 heterocycles. The summed E-state index contributed by atoms with van der Waals surface area (Å²) < 4.78 is 93.4. The highest BCUT2D eigenvalue weighted by Gasteiger charge is 2.33. The Morgan fingerprint density at radius 1 is 0.900 bits per heavy atom. The highest BCUT2D eigenvalue weighted by Crippen LogP contribution is 2.25. The molecule has 0 aromatic heterocycles. The number of carbonyl (C=O) groups is 1. The molecule has 0 radical (unpaired) electrons. The Morgan fingerprint density at radius 3 is 1.93 bits per heavy atom. The van der Waals surface area contributed by atoms with Gasteiger partial charge in [0, 0.05) is 37.8 Å². The van der Waals surface area contributed by atoms with E-state index in [1.807, 2.05) is 0 Å². The van der Waals surface area contributed by atoms with E-state index in [-0.39, 0.29) is 36.6 Å². The van der Waals surface area contributed by atoms with Gasteiger partial charge in [-0.05, 0) is 36.4 Å². The number of carbonyl (C=O) groups excluding carboxylic acids is 1. The van der Waals surface area contributed by atoms with Crippen LogP contribution in [0.5, 0.6) is 5.75 Å². The minimum atomic E-state index is -4.89. The minimum absolute atomic E-state index is 0.0224. The van der Waals surface area contributed by atoms with Crippen LogP contribution < -0.4 is 4.74 Å². The highest BCUT2D eigenvalue weighted by molar-refractivity contribution is 7.89. The third kappa shape index (κ3) is 5.05. The van der Waals surface area contributed by atoms with Crippen molar-refractivity contribution in [2.45, 2.75) is 11.3 Å². The van der Waals surface area contributed by atoms with E-state index in [1.165, 1.54) is 4.90 Å². The molecule has 0 bridgehead atoms. The fourth-order valence-electron chi connectivity index (χ4n) is 2.95. The predicted molar refractivity (Wildman–Crippen MR) is 94.1 cm³/mol. The van der Waals surface area contributed by atoms with Gasteiger partial charge in [0.15, 0.2) is 0 Å². The monoisotopic (exact) mass is 450 g/mol. The fourth-order valence-corrected chi connectivity index (χ4v) is 4.38.